The normalized spacial score (nSPS) is 14.0. The highest BCUT2D eigenvalue weighted by atomic mass is 16.7. The summed E-state index contributed by atoms with van der Waals surface area (Å²) in [6.07, 6.45) is -0.0733. The van der Waals surface area contributed by atoms with Gasteiger partial charge in [0.05, 0.1) is 6.54 Å². The van der Waals surface area contributed by atoms with Crippen LogP contribution in [0, 0.1) is 0 Å². The van der Waals surface area contributed by atoms with Crippen LogP contribution in [0.4, 0.5) is 4.79 Å². The van der Waals surface area contributed by atoms with Crippen molar-refractivity contribution < 1.29 is 19.0 Å². The second-order valence-corrected chi connectivity index (χ2v) is 4.07. The lowest BCUT2D eigenvalue weighted by atomic mass is 10.1. The number of benzene rings is 1. The predicted molar refractivity (Wildman–Crippen MR) is 63.8 cm³/mol. The van der Waals surface area contributed by atoms with E-state index in [-0.39, 0.29) is 13.3 Å². The fourth-order valence-electron chi connectivity index (χ4n) is 1.90. The van der Waals surface area contributed by atoms with Crippen molar-refractivity contribution in [2.75, 3.05) is 6.79 Å². The third-order valence-corrected chi connectivity index (χ3v) is 2.77. The van der Waals surface area contributed by atoms with Crippen LogP contribution in [0.15, 0.2) is 24.5 Å². The second kappa shape index (κ2) is 5.03. The molecule has 1 aliphatic heterocycles. The van der Waals surface area contributed by atoms with E-state index >= 15 is 0 Å². The smallest absolute Gasteiger partial charge is 0.405 e. The number of carbonyl (C=O) groups excluding carboxylic acids is 1. The van der Waals surface area contributed by atoms with Crippen molar-refractivity contribution in [3.63, 3.8) is 0 Å². The number of carbonyl (C=O) groups is 1. The minimum absolute atomic E-state index is 0.174. The molecule has 0 spiro atoms. The summed E-state index contributed by atoms with van der Waals surface area (Å²) in [5.41, 5.74) is 5.81. The molecule has 3 rings (SSSR count). The highest BCUT2D eigenvalue weighted by Gasteiger charge is 2.21. The van der Waals surface area contributed by atoms with Crippen LogP contribution in [0.1, 0.15) is 11.7 Å². The summed E-state index contributed by atoms with van der Waals surface area (Å²) in [5, 5.41) is 10.8. The number of ether oxygens (including phenoxy) is 3. The average Bonchev–Trinajstić information content (AvgIpc) is 3.07. The lowest BCUT2D eigenvalue weighted by Crippen LogP contribution is -2.21. The van der Waals surface area contributed by atoms with Crippen molar-refractivity contribution >= 4 is 6.09 Å². The van der Waals surface area contributed by atoms with Crippen LogP contribution in [0.5, 0.6) is 11.5 Å². The Morgan fingerprint density at radius 3 is 3.05 bits per heavy atom. The number of tetrazole rings is 1. The van der Waals surface area contributed by atoms with E-state index in [9.17, 15) is 4.79 Å². The zero-order chi connectivity index (χ0) is 13.9. The second-order valence-electron chi connectivity index (χ2n) is 4.07. The van der Waals surface area contributed by atoms with Gasteiger partial charge in [-0.25, -0.2) is 9.48 Å². The van der Waals surface area contributed by atoms with E-state index in [4.69, 9.17) is 19.9 Å². The van der Waals surface area contributed by atoms with Crippen molar-refractivity contribution in [2.24, 2.45) is 5.73 Å². The van der Waals surface area contributed by atoms with E-state index in [0.29, 0.717) is 17.1 Å². The van der Waals surface area contributed by atoms with Gasteiger partial charge >= 0.3 is 6.09 Å². The standard InChI is InChI=1S/C11H11N5O4/c12-11(17)20-10(4-16-5-13-14-15-16)7-1-2-8-9(3-7)19-6-18-8/h1-3,5,10H,4,6H2,(H2,12,17). The fourth-order valence-corrected chi connectivity index (χ4v) is 1.90. The van der Waals surface area contributed by atoms with E-state index in [0.717, 1.165) is 0 Å². The van der Waals surface area contributed by atoms with Gasteiger partial charge in [0, 0.05) is 0 Å². The molecule has 0 fully saturated rings. The Balaban J connectivity index is 1.86. The number of hydrogen-bond donors (Lipinski definition) is 1. The zero-order valence-electron chi connectivity index (χ0n) is 10.3. The maximum Gasteiger partial charge on any atom is 0.405 e. The summed E-state index contributed by atoms with van der Waals surface area (Å²) in [7, 11) is 0. The summed E-state index contributed by atoms with van der Waals surface area (Å²) < 4.78 is 17.1. The lowest BCUT2D eigenvalue weighted by molar-refractivity contribution is 0.0928. The number of rotatable bonds is 4. The highest BCUT2D eigenvalue weighted by Crippen LogP contribution is 2.35. The van der Waals surface area contributed by atoms with E-state index in [1.165, 1.54) is 11.0 Å². The Labute approximate surface area is 113 Å². The Bertz CT molecular complexity index is 615. The minimum atomic E-state index is -0.874. The van der Waals surface area contributed by atoms with Crippen LogP contribution in [-0.4, -0.2) is 33.1 Å². The molecule has 1 unspecified atom stereocenters. The van der Waals surface area contributed by atoms with Gasteiger partial charge in [0.1, 0.15) is 12.4 Å². The van der Waals surface area contributed by atoms with Gasteiger partial charge in [0.15, 0.2) is 11.5 Å². The number of aromatic nitrogens is 4. The van der Waals surface area contributed by atoms with E-state index in [1.807, 2.05) is 0 Å². The Morgan fingerprint density at radius 2 is 2.30 bits per heavy atom. The molecule has 0 bridgehead atoms. The van der Waals surface area contributed by atoms with Crippen molar-refractivity contribution in [2.45, 2.75) is 12.6 Å². The van der Waals surface area contributed by atoms with Gasteiger partial charge in [-0.15, -0.1) is 5.10 Å². The van der Waals surface area contributed by atoms with E-state index < -0.39 is 12.2 Å². The minimum Gasteiger partial charge on any atom is -0.454 e. The highest BCUT2D eigenvalue weighted by molar-refractivity contribution is 5.65. The molecule has 0 radical (unpaired) electrons. The molecule has 2 N–H and O–H groups in total. The van der Waals surface area contributed by atoms with Crippen LogP contribution < -0.4 is 15.2 Å². The SMILES string of the molecule is NC(=O)OC(Cn1cnnn1)c1ccc2c(c1)OCO2. The number of hydrogen-bond acceptors (Lipinski definition) is 7. The summed E-state index contributed by atoms with van der Waals surface area (Å²) in [5.74, 6) is 1.24. The monoisotopic (exact) mass is 277 g/mol. The molecule has 1 aromatic carbocycles. The van der Waals surface area contributed by atoms with Gasteiger partial charge in [-0.3, -0.25) is 0 Å². The van der Waals surface area contributed by atoms with Crippen molar-refractivity contribution in [1.82, 2.24) is 20.2 Å². The quantitative estimate of drug-likeness (QED) is 0.851. The first-order chi connectivity index (χ1) is 9.72. The third kappa shape index (κ3) is 2.46. The Morgan fingerprint density at radius 1 is 1.45 bits per heavy atom. The van der Waals surface area contributed by atoms with Gasteiger partial charge in [-0.05, 0) is 28.1 Å². The lowest BCUT2D eigenvalue weighted by Gasteiger charge is -2.16. The van der Waals surface area contributed by atoms with Crippen LogP contribution in [-0.2, 0) is 11.3 Å². The van der Waals surface area contributed by atoms with E-state index in [2.05, 4.69) is 15.5 Å². The molecule has 104 valence electrons. The molecule has 9 heteroatoms. The maximum atomic E-state index is 11.0. The van der Waals surface area contributed by atoms with Crippen LogP contribution in [0.3, 0.4) is 0 Å². The van der Waals surface area contributed by atoms with Crippen molar-refractivity contribution in [3.05, 3.63) is 30.1 Å². The van der Waals surface area contributed by atoms with E-state index in [1.54, 1.807) is 18.2 Å². The van der Waals surface area contributed by atoms with Crippen molar-refractivity contribution in [1.29, 1.82) is 0 Å². The topological polar surface area (TPSA) is 114 Å². The number of nitrogens with zero attached hydrogens (tertiary/aromatic N) is 4. The molecule has 9 nitrogen and oxygen atoms in total. The van der Waals surface area contributed by atoms with Gasteiger partial charge in [0.25, 0.3) is 0 Å². The predicted octanol–water partition coefficient (Wildman–Crippen LogP) is 0.238. The maximum absolute atomic E-state index is 11.0. The molecule has 1 aliphatic rings. The summed E-state index contributed by atoms with van der Waals surface area (Å²) in [6.45, 7) is 0.419. The van der Waals surface area contributed by atoms with Crippen molar-refractivity contribution in [3.8, 4) is 11.5 Å². The molecular weight excluding hydrogens is 266 g/mol. The van der Waals surface area contributed by atoms with Gasteiger partial charge < -0.3 is 19.9 Å². The third-order valence-electron chi connectivity index (χ3n) is 2.77. The van der Waals surface area contributed by atoms with Crippen LogP contribution in [0.2, 0.25) is 0 Å². The first-order valence-corrected chi connectivity index (χ1v) is 5.79. The summed E-state index contributed by atoms with van der Waals surface area (Å²) in [4.78, 5) is 11.0. The van der Waals surface area contributed by atoms with Crippen LogP contribution in [0.25, 0.3) is 0 Å². The molecule has 20 heavy (non-hydrogen) atoms. The molecule has 0 aliphatic carbocycles. The number of fused-ring (bicyclic) bond motifs is 1. The summed E-state index contributed by atoms with van der Waals surface area (Å²) in [6, 6.07) is 5.25. The molecule has 0 saturated carbocycles. The number of amides is 1. The molecular formula is C11H11N5O4. The number of nitrogens with two attached hydrogens (primary N) is 1. The first-order valence-electron chi connectivity index (χ1n) is 5.79. The number of primary amides is 1. The average molecular weight is 277 g/mol. The molecule has 0 saturated heterocycles. The fraction of sp³-hybridized carbons (Fsp3) is 0.273. The van der Waals surface area contributed by atoms with Crippen LogP contribution >= 0.6 is 0 Å². The Hall–Kier alpha value is -2.84. The molecule has 2 aromatic rings. The Kier molecular flexibility index (Phi) is 3.07. The van der Waals surface area contributed by atoms with Gasteiger partial charge in [0.2, 0.25) is 6.79 Å². The molecule has 1 atom stereocenters. The molecule has 2 heterocycles. The molecule has 1 amide bonds. The summed E-state index contributed by atoms with van der Waals surface area (Å²) >= 11 is 0. The molecule has 1 aromatic heterocycles. The zero-order valence-corrected chi connectivity index (χ0v) is 10.3. The first kappa shape index (κ1) is 12.2. The van der Waals surface area contributed by atoms with Gasteiger partial charge in [-0.1, -0.05) is 6.07 Å². The largest absolute Gasteiger partial charge is 0.454 e. The van der Waals surface area contributed by atoms with Gasteiger partial charge in [-0.2, -0.15) is 0 Å².